The van der Waals surface area contributed by atoms with Crippen LogP contribution < -0.4 is 0 Å². The first-order chi connectivity index (χ1) is 37.2. The minimum absolute atomic E-state index is 0.0926. The topological polar surface area (TPSA) is 155 Å². The standard InChI is InChI=1S/C64H107O11P/c1-4-7-10-13-16-19-22-25-27-29-30-32-34-37-40-43-46-49-52-55-64(68)75-61(57-71-62(66)53-50-47-44-41-38-35-24-21-18-15-12-9-6-3)59-73-76(69,70)72-58-60(56-65)74-63(67)54-51-48-45-42-39-36-33-31-28-26-23-20-17-14-11-8-5-2/h8,11,16-17,19-21,24-28,30,32-33,36,42,45,60-61,65H,4-7,9-10,12-15,18,22-23,29,31,34-35,37-41,43-44,46-59H2,1-3H3,(H,69,70)/b11-8-,19-16-,20-17-,24-21-,27-25-,28-26-,32-30-,36-33-,45-42-. The van der Waals surface area contributed by atoms with Crippen LogP contribution in [0, 0.1) is 0 Å². The second kappa shape index (κ2) is 57.3. The predicted molar refractivity (Wildman–Crippen MR) is 316 cm³/mol. The summed E-state index contributed by atoms with van der Waals surface area (Å²) in [5.74, 6) is -1.56. The molecule has 0 rings (SSSR count). The molecule has 0 heterocycles. The normalized spacial score (nSPS) is 14.1. The van der Waals surface area contributed by atoms with Gasteiger partial charge in [-0.25, -0.2) is 4.57 Å². The molecule has 76 heavy (non-hydrogen) atoms. The van der Waals surface area contributed by atoms with E-state index in [9.17, 15) is 28.9 Å². The van der Waals surface area contributed by atoms with Crippen molar-refractivity contribution in [2.45, 2.75) is 251 Å². The lowest BCUT2D eigenvalue weighted by molar-refractivity contribution is -0.161. The van der Waals surface area contributed by atoms with Crippen LogP contribution in [0.4, 0.5) is 0 Å². The van der Waals surface area contributed by atoms with Gasteiger partial charge in [0.05, 0.1) is 19.8 Å². The Hall–Kier alpha value is -3.86. The van der Waals surface area contributed by atoms with E-state index in [4.69, 9.17) is 23.3 Å². The van der Waals surface area contributed by atoms with E-state index in [1.54, 1.807) is 0 Å². The molecule has 2 N–H and O–H groups in total. The Kier molecular flexibility index (Phi) is 54.4. The van der Waals surface area contributed by atoms with Gasteiger partial charge in [0.25, 0.3) is 0 Å². The lowest BCUT2D eigenvalue weighted by Crippen LogP contribution is -2.30. The first kappa shape index (κ1) is 72.1. The molecule has 0 saturated heterocycles. The van der Waals surface area contributed by atoms with Gasteiger partial charge in [0.15, 0.2) is 6.10 Å². The Morgan fingerprint density at radius 1 is 0.382 bits per heavy atom. The fraction of sp³-hybridized carbons (Fsp3) is 0.672. The Morgan fingerprint density at radius 3 is 1.14 bits per heavy atom. The average molecular weight is 1080 g/mol. The quantitative estimate of drug-likeness (QED) is 0.0197. The molecule has 3 atom stereocenters. The summed E-state index contributed by atoms with van der Waals surface area (Å²) in [6, 6.07) is 0. The van der Waals surface area contributed by atoms with Crippen LogP contribution in [0.25, 0.3) is 0 Å². The molecule has 0 aromatic rings. The number of carbonyl (C=O) groups excluding carboxylic acids is 3. The molecule has 0 amide bonds. The number of unbranched alkanes of at least 4 members (excludes halogenated alkanes) is 19. The maximum atomic E-state index is 12.9. The summed E-state index contributed by atoms with van der Waals surface area (Å²) in [7, 11) is -4.78. The molecule has 12 heteroatoms. The molecular formula is C64H107O11P. The van der Waals surface area contributed by atoms with Gasteiger partial charge in [-0.2, -0.15) is 0 Å². The van der Waals surface area contributed by atoms with Crippen molar-refractivity contribution in [2.75, 3.05) is 26.4 Å². The number of phosphoric acid groups is 1. The van der Waals surface area contributed by atoms with E-state index in [2.05, 4.69) is 118 Å². The van der Waals surface area contributed by atoms with Crippen LogP contribution >= 0.6 is 7.82 Å². The third kappa shape index (κ3) is 54.9. The summed E-state index contributed by atoms with van der Waals surface area (Å²) >= 11 is 0. The van der Waals surface area contributed by atoms with Crippen LogP contribution in [0.1, 0.15) is 239 Å². The number of hydrogen-bond donors (Lipinski definition) is 2. The van der Waals surface area contributed by atoms with Crippen LogP contribution in [0.5, 0.6) is 0 Å². The van der Waals surface area contributed by atoms with Crippen molar-refractivity contribution < 1.29 is 52.2 Å². The van der Waals surface area contributed by atoms with Crippen LogP contribution in [-0.4, -0.2) is 66.5 Å². The fourth-order valence-corrected chi connectivity index (χ4v) is 8.41. The summed E-state index contributed by atoms with van der Waals surface area (Å²) in [6.07, 6.45) is 69.0. The number of phosphoric ester groups is 1. The summed E-state index contributed by atoms with van der Waals surface area (Å²) in [6.45, 7) is 4.40. The molecule has 3 unspecified atom stereocenters. The van der Waals surface area contributed by atoms with E-state index in [1.165, 1.54) is 51.4 Å². The monoisotopic (exact) mass is 1080 g/mol. The molecule has 0 fully saturated rings. The van der Waals surface area contributed by atoms with Gasteiger partial charge in [-0.05, 0) is 122 Å². The first-order valence-electron chi connectivity index (χ1n) is 29.8. The largest absolute Gasteiger partial charge is 0.472 e. The molecule has 0 aliphatic heterocycles. The summed E-state index contributed by atoms with van der Waals surface area (Å²) in [5, 5.41) is 9.82. The molecule has 0 saturated carbocycles. The van der Waals surface area contributed by atoms with Crippen molar-refractivity contribution in [1.29, 1.82) is 0 Å². The molecule has 0 aliphatic rings. The minimum atomic E-state index is -4.78. The van der Waals surface area contributed by atoms with Gasteiger partial charge in [-0.1, -0.05) is 207 Å². The van der Waals surface area contributed by atoms with E-state index < -0.39 is 57.8 Å². The molecular weight excluding hydrogens is 976 g/mol. The van der Waals surface area contributed by atoms with E-state index in [-0.39, 0.29) is 25.9 Å². The number of hydrogen-bond acceptors (Lipinski definition) is 10. The van der Waals surface area contributed by atoms with Crippen molar-refractivity contribution in [2.24, 2.45) is 0 Å². The van der Waals surface area contributed by atoms with Gasteiger partial charge < -0.3 is 24.2 Å². The minimum Gasteiger partial charge on any atom is -0.462 e. The number of aliphatic hydroxyl groups is 1. The zero-order chi connectivity index (χ0) is 55.5. The third-order valence-electron chi connectivity index (χ3n) is 12.1. The number of esters is 3. The highest BCUT2D eigenvalue weighted by Gasteiger charge is 2.28. The fourth-order valence-electron chi connectivity index (χ4n) is 7.63. The Labute approximate surface area is 463 Å². The van der Waals surface area contributed by atoms with E-state index in [0.29, 0.717) is 25.7 Å². The molecule has 0 radical (unpaired) electrons. The highest BCUT2D eigenvalue weighted by molar-refractivity contribution is 7.47. The second-order valence-corrected chi connectivity index (χ2v) is 20.9. The lowest BCUT2D eigenvalue weighted by Gasteiger charge is -2.21. The van der Waals surface area contributed by atoms with Crippen LogP contribution in [-0.2, 0) is 42.2 Å². The van der Waals surface area contributed by atoms with Crippen LogP contribution in [0.3, 0.4) is 0 Å². The zero-order valence-electron chi connectivity index (χ0n) is 47.9. The highest BCUT2D eigenvalue weighted by atomic mass is 31.2. The average Bonchev–Trinajstić information content (AvgIpc) is 3.41. The molecule has 434 valence electrons. The SMILES string of the molecule is CC/C=C\C/C=C\C/C=C\C/C=C\C/C=C\CCCC(=O)OC(CO)COP(=O)(O)OCC(COC(=O)CCCCCCC/C=C\CCCCCC)OC(=O)CCCCCCCC/C=C\C/C=C\C/C=C\CCCCC. The number of aliphatic hydroxyl groups excluding tert-OH is 1. The van der Waals surface area contributed by atoms with Gasteiger partial charge in [-0.15, -0.1) is 0 Å². The maximum absolute atomic E-state index is 12.9. The number of allylic oxidation sites excluding steroid dienone is 18. The van der Waals surface area contributed by atoms with E-state index >= 15 is 0 Å². The Morgan fingerprint density at radius 2 is 0.697 bits per heavy atom. The highest BCUT2D eigenvalue weighted by Crippen LogP contribution is 2.43. The van der Waals surface area contributed by atoms with Crippen molar-refractivity contribution in [3.63, 3.8) is 0 Å². The predicted octanol–water partition coefficient (Wildman–Crippen LogP) is 17.8. The summed E-state index contributed by atoms with van der Waals surface area (Å²) in [5.41, 5.74) is 0. The van der Waals surface area contributed by atoms with Crippen LogP contribution in [0.2, 0.25) is 0 Å². The molecule has 0 aromatic carbocycles. The number of ether oxygens (including phenoxy) is 3. The Bertz CT molecular complexity index is 1690. The molecule has 0 bridgehead atoms. The van der Waals surface area contributed by atoms with Crippen LogP contribution in [0.15, 0.2) is 109 Å². The molecule has 0 spiro atoms. The van der Waals surface area contributed by atoms with Gasteiger partial charge in [0, 0.05) is 19.3 Å². The zero-order valence-corrected chi connectivity index (χ0v) is 48.8. The van der Waals surface area contributed by atoms with Gasteiger partial charge >= 0.3 is 25.7 Å². The third-order valence-corrected chi connectivity index (χ3v) is 13.1. The van der Waals surface area contributed by atoms with Crippen molar-refractivity contribution in [1.82, 2.24) is 0 Å². The number of carbonyl (C=O) groups is 3. The summed E-state index contributed by atoms with van der Waals surface area (Å²) < 4.78 is 39.5. The first-order valence-corrected chi connectivity index (χ1v) is 31.3. The van der Waals surface area contributed by atoms with Crippen molar-refractivity contribution in [3.8, 4) is 0 Å². The van der Waals surface area contributed by atoms with Gasteiger partial charge in [0.1, 0.15) is 12.7 Å². The molecule has 0 aromatic heterocycles. The maximum Gasteiger partial charge on any atom is 0.472 e. The summed E-state index contributed by atoms with van der Waals surface area (Å²) in [4.78, 5) is 48.6. The van der Waals surface area contributed by atoms with Gasteiger partial charge in [-0.3, -0.25) is 23.4 Å². The second-order valence-electron chi connectivity index (χ2n) is 19.4. The van der Waals surface area contributed by atoms with Gasteiger partial charge in [0.2, 0.25) is 0 Å². The van der Waals surface area contributed by atoms with Crippen molar-refractivity contribution in [3.05, 3.63) is 109 Å². The Balaban J connectivity index is 4.80. The van der Waals surface area contributed by atoms with E-state index in [1.807, 2.05) is 12.2 Å². The molecule has 0 aliphatic carbocycles. The molecule has 11 nitrogen and oxygen atoms in total. The van der Waals surface area contributed by atoms with E-state index in [0.717, 1.165) is 122 Å². The van der Waals surface area contributed by atoms with Crippen molar-refractivity contribution >= 4 is 25.7 Å². The smallest absolute Gasteiger partial charge is 0.462 e. The lowest BCUT2D eigenvalue weighted by atomic mass is 10.1. The number of rotatable bonds is 54.